The van der Waals surface area contributed by atoms with Crippen LogP contribution in [0.15, 0.2) is 18.2 Å². The van der Waals surface area contributed by atoms with Crippen molar-refractivity contribution in [2.75, 3.05) is 20.0 Å². The highest BCUT2D eigenvalue weighted by atomic mass is 32.2. The SMILES string of the molecule is CCCS(=O)(=O)NC(C)c1ccc(OC)cc1OC. The fraction of sp³-hybridized carbons (Fsp3) is 0.538. The van der Waals surface area contributed by atoms with Crippen molar-refractivity contribution in [3.63, 3.8) is 0 Å². The van der Waals surface area contributed by atoms with Crippen molar-refractivity contribution in [1.82, 2.24) is 4.72 Å². The largest absolute Gasteiger partial charge is 0.497 e. The van der Waals surface area contributed by atoms with Gasteiger partial charge in [0.05, 0.1) is 20.0 Å². The Morgan fingerprint density at radius 2 is 1.95 bits per heavy atom. The summed E-state index contributed by atoms with van der Waals surface area (Å²) in [5, 5.41) is 0. The van der Waals surface area contributed by atoms with Gasteiger partial charge < -0.3 is 9.47 Å². The molecule has 5 nitrogen and oxygen atoms in total. The van der Waals surface area contributed by atoms with Gasteiger partial charge in [-0.25, -0.2) is 13.1 Å². The Balaban J connectivity index is 2.96. The molecule has 1 aromatic rings. The number of ether oxygens (including phenoxy) is 2. The summed E-state index contributed by atoms with van der Waals surface area (Å²) < 4.78 is 36.5. The molecule has 0 fully saturated rings. The Hall–Kier alpha value is -1.27. The van der Waals surface area contributed by atoms with Crippen LogP contribution in [0.25, 0.3) is 0 Å². The molecule has 0 radical (unpaired) electrons. The van der Waals surface area contributed by atoms with Crippen molar-refractivity contribution in [1.29, 1.82) is 0 Å². The maximum Gasteiger partial charge on any atom is 0.212 e. The van der Waals surface area contributed by atoms with Gasteiger partial charge in [-0.2, -0.15) is 0 Å². The first-order valence-electron chi connectivity index (χ1n) is 6.15. The molecular formula is C13H21NO4S. The number of hydrogen-bond acceptors (Lipinski definition) is 4. The van der Waals surface area contributed by atoms with Crippen LogP contribution in [0.3, 0.4) is 0 Å². The molecule has 6 heteroatoms. The average molecular weight is 287 g/mol. The van der Waals surface area contributed by atoms with E-state index in [1.54, 1.807) is 39.3 Å². The third-order valence-electron chi connectivity index (χ3n) is 2.74. The second-order valence-electron chi connectivity index (χ2n) is 4.27. The molecule has 1 atom stereocenters. The minimum atomic E-state index is -3.26. The summed E-state index contributed by atoms with van der Waals surface area (Å²) in [6.07, 6.45) is 0.585. The number of rotatable bonds is 7. The highest BCUT2D eigenvalue weighted by Crippen LogP contribution is 2.29. The van der Waals surface area contributed by atoms with Crippen molar-refractivity contribution in [3.05, 3.63) is 23.8 Å². The molecule has 0 aliphatic carbocycles. The van der Waals surface area contributed by atoms with Crippen LogP contribution in [0.2, 0.25) is 0 Å². The Morgan fingerprint density at radius 3 is 2.47 bits per heavy atom. The van der Waals surface area contributed by atoms with Crippen molar-refractivity contribution in [2.45, 2.75) is 26.3 Å². The second-order valence-corrected chi connectivity index (χ2v) is 6.14. The van der Waals surface area contributed by atoms with Crippen molar-refractivity contribution in [2.24, 2.45) is 0 Å². The van der Waals surface area contributed by atoms with Crippen LogP contribution in [-0.2, 0) is 10.0 Å². The lowest BCUT2D eigenvalue weighted by Gasteiger charge is -2.18. The normalized spacial score (nSPS) is 13.1. The summed E-state index contributed by atoms with van der Waals surface area (Å²) in [4.78, 5) is 0. The molecule has 108 valence electrons. The van der Waals surface area contributed by atoms with Crippen LogP contribution in [-0.4, -0.2) is 28.4 Å². The fourth-order valence-electron chi connectivity index (χ4n) is 1.84. The van der Waals surface area contributed by atoms with Gasteiger partial charge in [-0.05, 0) is 19.4 Å². The van der Waals surface area contributed by atoms with Crippen molar-refractivity contribution < 1.29 is 17.9 Å². The Labute approximate surface area is 115 Å². The summed E-state index contributed by atoms with van der Waals surface area (Å²) in [5.41, 5.74) is 0.781. The molecule has 1 N–H and O–H groups in total. The third kappa shape index (κ3) is 4.40. The van der Waals surface area contributed by atoms with E-state index >= 15 is 0 Å². The smallest absolute Gasteiger partial charge is 0.212 e. The number of benzene rings is 1. The monoisotopic (exact) mass is 287 g/mol. The van der Waals surface area contributed by atoms with Gasteiger partial charge in [0.2, 0.25) is 10.0 Å². The molecule has 0 heterocycles. The molecule has 1 aromatic carbocycles. The summed E-state index contributed by atoms with van der Waals surface area (Å²) in [6, 6.07) is 4.97. The lowest BCUT2D eigenvalue weighted by molar-refractivity contribution is 0.388. The van der Waals surface area contributed by atoms with Crippen molar-refractivity contribution in [3.8, 4) is 11.5 Å². The second kappa shape index (κ2) is 6.77. The predicted octanol–water partition coefficient (Wildman–Crippen LogP) is 2.09. The minimum Gasteiger partial charge on any atom is -0.497 e. The Bertz CT molecular complexity index is 513. The standard InChI is InChI=1S/C13H21NO4S/c1-5-8-19(15,16)14-10(2)12-7-6-11(17-3)9-13(12)18-4/h6-7,9-10,14H,5,8H2,1-4H3. The van der Waals surface area contributed by atoms with E-state index < -0.39 is 10.0 Å². The molecule has 1 unspecified atom stereocenters. The Morgan fingerprint density at radius 1 is 1.26 bits per heavy atom. The van der Waals surface area contributed by atoms with E-state index in [4.69, 9.17) is 9.47 Å². The van der Waals surface area contributed by atoms with Gasteiger partial charge in [0.25, 0.3) is 0 Å². The number of methoxy groups -OCH3 is 2. The molecule has 1 rings (SSSR count). The highest BCUT2D eigenvalue weighted by molar-refractivity contribution is 7.89. The Kier molecular flexibility index (Phi) is 5.62. The first-order valence-corrected chi connectivity index (χ1v) is 7.80. The van der Waals surface area contributed by atoms with Crippen molar-refractivity contribution >= 4 is 10.0 Å². The van der Waals surface area contributed by atoms with E-state index in [2.05, 4.69) is 4.72 Å². The zero-order valence-corrected chi connectivity index (χ0v) is 12.6. The lowest BCUT2D eigenvalue weighted by atomic mass is 10.1. The van der Waals surface area contributed by atoms with Crippen LogP contribution >= 0.6 is 0 Å². The van der Waals surface area contributed by atoms with Gasteiger partial charge >= 0.3 is 0 Å². The average Bonchev–Trinajstić information content (AvgIpc) is 2.37. The minimum absolute atomic E-state index is 0.121. The van der Waals surface area contributed by atoms with E-state index in [1.165, 1.54) is 0 Å². The fourth-order valence-corrected chi connectivity index (χ4v) is 3.16. The number of sulfonamides is 1. The van der Waals surface area contributed by atoms with Gasteiger partial charge in [0.15, 0.2) is 0 Å². The molecule has 0 aromatic heterocycles. The molecule has 0 saturated carbocycles. The van der Waals surface area contributed by atoms with Crippen LogP contribution in [0.1, 0.15) is 31.9 Å². The number of nitrogens with one attached hydrogen (secondary N) is 1. The summed E-state index contributed by atoms with van der Waals surface area (Å²) in [7, 11) is -0.138. The molecular weight excluding hydrogens is 266 g/mol. The van der Waals surface area contributed by atoms with E-state index in [9.17, 15) is 8.42 Å². The van der Waals surface area contributed by atoms with E-state index in [0.29, 0.717) is 17.9 Å². The summed E-state index contributed by atoms with van der Waals surface area (Å²) >= 11 is 0. The molecule has 0 spiro atoms. The molecule has 0 bridgehead atoms. The molecule has 19 heavy (non-hydrogen) atoms. The maximum absolute atomic E-state index is 11.8. The van der Waals surface area contributed by atoms with Crippen LogP contribution in [0.4, 0.5) is 0 Å². The van der Waals surface area contributed by atoms with Gasteiger partial charge in [0, 0.05) is 17.7 Å². The summed E-state index contributed by atoms with van der Waals surface area (Å²) in [5.74, 6) is 1.39. The first-order chi connectivity index (χ1) is 8.93. The van der Waals surface area contributed by atoms with E-state index in [-0.39, 0.29) is 11.8 Å². The van der Waals surface area contributed by atoms with Crippen LogP contribution in [0, 0.1) is 0 Å². The zero-order valence-electron chi connectivity index (χ0n) is 11.8. The van der Waals surface area contributed by atoms with Crippen LogP contribution in [0.5, 0.6) is 11.5 Å². The van der Waals surface area contributed by atoms with Gasteiger partial charge in [0.1, 0.15) is 11.5 Å². The first kappa shape index (κ1) is 15.8. The molecule has 0 aliphatic rings. The van der Waals surface area contributed by atoms with Gasteiger partial charge in [-0.3, -0.25) is 0 Å². The summed E-state index contributed by atoms with van der Waals surface area (Å²) in [6.45, 7) is 3.62. The predicted molar refractivity (Wildman–Crippen MR) is 75.2 cm³/mol. The quantitative estimate of drug-likeness (QED) is 0.834. The molecule has 0 aliphatic heterocycles. The highest BCUT2D eigenvalue weighted by Gasteiger charge is 2.18. The third-order valence-corrected chi connectivity index (χ3v) is 4.39. The zero-order chi connectivity index (χ0) is 14.5. The molecule has 0 amide bonds. The van der Waals surface area contributed by atoms with E-state index in [0.717, 1.165) is 5.56 Å². The maximum atomic E-state index is 11.8. The molecule has 0 saturated heterocycles. The van der Waals surface area contributed by atoms with Gasteiger partial charge in [-0.15, -0.1) is 0 Å². The number of hydrogen-bond donors (Lipinski definition) is 1. The lowest BCUT2D eigenvalue weighted by Crippen LogP contribution is -2.29. The topological polar surface area (TPSA) is 64.6 Å². The van der Waals surface area contributed by atoms with Gasteiger partial charge in [-0.1, -0.05) is 13.0 Å². The van der Waals surface area contributed by atoms with Crippen LogP contribution < -0.4 is 14.2 Å². The van der Waals surface area contributed by atoms with E-state index in [1.807, 2.05) is 6.92 Å².